The minimum atomic E-state index is -4.47. The third-order valence-corrected chi connectivity index (χ3v) is 4.82. The Kier molecular flexibility index (Phi) is 6.29. The van der Waals surface area contributed by atoms with E-state index in [1.807, 2.05) is 11.8 Å². The first-order chi connectivity index (χ1) is 13.3. The van der Waals surface area contributed by atoms with E-state index in [0.29, 0.717) is 45.1 Å². The van der Waals surface area contributed by atoms with Gasteiger partial charge in [-0.2, -0.15) is 13.2 Å². The van der Waals surface area contributed by atoms with Crippen LogP contribution < -0.4 is 15.4 Å². The largest absolute Gasteiger partial charge is 0.490 e. The third-order valence-electron chi connectivity index (χ3n) is 4.82. The highest BCUT2D eigenvalue weighted by Crippen LogP contribution is 2.37. The molecule has 156 valence electrons. The first-order valence-corrected chi connectivity index (χ1v) is 9.33. The van der Waals surface area contributed by atoms with Gasteiger partial charge in [-0.15, -0.1) is 0 Å². The van der Waals surface area contributed by atoms with Crippen molar-refractivity contribution in [2.45, 2.75) is 38.0 Å². The molecule has 1 fully saturated rings. The average molecular weight is 402 g/mol. The van der Waals surface area contributed by atoms with Crippen molar-refractivity contribution in [3.63, 3.8) is 0 Å². The molecule has 1 unspecified atom stereocenters. The van der Waals surface area contributed by atoms with Crippen LogP contribution in [0.5, 0.6) is 5.75 Å². The molecule has 2 aliphatic rings. The van der Waals surface area contributed by atoms with E-state index in [4.69, 9.17) is 15.2 Å². The molecule has 3 rings (SSSR count). The van der Waals surface area contributed by atoms with Crippen molar-refractivity contribution >= 4 is 11.7 Å². The van der Waals surface area contributed by atoms with Crippen LogP contribution in [0.25, 0.3) is 0 Å². The third kappa shape index (κ3) is 4.85. The van der Waals surface area contributed by atoms with E-state index in [9.17, 15) is 18.0 Å². The lowest BCUT2D eigenvalue weighted by atomic mass is 10.1. The van der Waals surface area contributed by atoms with Crippen LogP contribution in [0.2, 0.25) is 0 Å². The Labute approximate surface area is 161 Å². The Bertz CT molecular complexity index is 699. The number of carbonyl (C=O) groups is 1. The van der Waals surface area contributed by atoms with Gasteiger partial charge < -0.3 is 25.0 Å². The smallest absolute Gasteiger partial charge is 0.418 e. The number of hydrogen-bond donors (Lipinski definition) is 1. The Morgan fingerprint density at radius 3 is 2.96 bits per heavy atom. The van der Waals surface area contributed by atoms with Gasteiger partial charge in [0.15, 0.2) is 11.6 Å². The number of anilines is 1. The van der Waals surface area contributed by atoms with Gasteiger partial charge in [0.25, 0.3) is 0 Å². The molecule has 1 amide bonds. The molecule has 0 saturated carbocycles. The molecule has 0 spiro atoms. The molecule has 0 aliphatic carbocycles. The summed E-state index contributed by atoms with van der Waals surface area (Å²) >= 11 is 0. The SMILES string of the molecule is C[C@@H](N)COCCC(=O)N1CCN2c3ncc(C(F)(F)F)cc3OCCC2C1. The summed E-state index contributed by atoms with van der Waals surface area (Å²) in [5, 5.41) is 0. The fourth-order valence-electron chi connectivity index (χ4n) is 3.41. The zero-order valence-electron chi connectivity index (χ0n) is 15.7. The van der Waals surface area contributed by atoms with E-state index in [-0.39, 0.29) is 36.8 Å². The first kappa shape index (κ1) is 20.7. The van der Waals surface area contributed by atoms with Gasteiger partial charge in [-0.05, 0) is 13.0 Å². The number of hydrogen-bond acceptors (Lipinski definition) is 6. The number of nitrogens with zero attached hydrogens (tertiary/aromatic N) is 3. The van der Waals surface area contributed by atoms with Crippen LogP contribution in [0.1, 0.15) is 25.3 Å². The highest BCUT2D eigenvalue weighted by molar-refractivity contribution is 5.76. The fraction of sp³-hybridized carbons (Fsp3) is 0.667. The fourth-order valence-corrected chi connectivity index (χ4v) is 3.41. The molecule has 2 atom stereocenters. The van der Waals surface area contributed by atoms with Crippen molar-refractivity contribution in [1.29, 1.82) is 0 Å². The summed E-state index contributed by atoms with van der Waals surface area (Å²) in [6, 6.07) is 0.876. The van der Waals surface area contributed by atoms with Gasteiger partial charge in [0, 0.05) is 38.3 Å². The Hall–Kier alpha value is -2.07. The lowest BCUT2D eigenvalue weighted by molar-refractivity contribution is -0.138. The minimum Gasteiger partial charge on any atom is -0.490 e. The number of pyridine rings is 1. The van der Waals surface area contributed by atoms with E-state index in [0.717, 1.165) is 12.3 Å². The number of carbonyl (C=O) groups excluding carboxylic acids is 1. The predicted molar refractivity (Wildman–Crippen MR) is 96.2 cm³/mol. The van der Waals surface area contributed by atoms with E-state index in [1.54, 1.807) is 4.90 Å². The van der Waals surface area contributed by atoms with Gasteiger partial charge in [-0.25, -0.2) is 4.98 Å². The highest BCUT2D eigenvalue weighted by Gasteiger charge is 2.36. The Morgan fingerprint density at radius 2 is 2.25 bits per heavy atom. The molecule has 1 aromatic rings. The molecule has 7 nitrogen and oxygen atoms in total. The first-order valence-electron chi connectivity index (χ1n) is 9.33. The summed E-state index contributed by atoms with van der Waals surface area (Å²) in [6.45, 7) is 4.28. The Balaban J connectivity index is 1.63. The molecule has 0 bridgehead atoms. The predicted octanol–water partition coefficient (Wildman–Crippen LogP) is 1.65. The minimum absolute atomic E-state index is 0.00454. The number of ether oxygens (including phenoxy) is 2. The van der Waals surface area contributed by atoms with Gasteiger partial charge in [-0.3, -0.25) is 4.79 Å². The maximum atomic E-state index is 12.9. The molecule has 28 heavy (non-hydrogen) atoms. The van der Waals surface area contributed by atoms with Crippen molar-refractivity contribution in [3.05, 3.63) is 17.8 Å². The average Bonchev–Trinajstić information content (AvgIpc) is 2.82. The second-order valence-corrected chi connectivity index (χ2v) is 7.17. The molecule has 0 radical (unpaired) electrons. The quantitative estimate of drug-likeness (QED) is 0.755. The molecule has 10 heteroatoms. The molecular formula is C18H25F3N4O3. The summed E-state index contributed by atoms with van der Waals surface area (Å²) in [4.78, 5) is 20.2. The summed E-state index contributed by atoms with van der Waals surface area (Å²) in [6.07, 6.45) is -2.76. The second kappa shape index (κ2) is 8.52. The monoisotopic (exact) mass is 402 g/mol. The van der Waals surface area contributed by atoms with Gasteiger partial charge in [0.1, 0.15) is 0 Å². The van der Waals surface area contributed by atoms with Crippen molar-refractivity contribution in [2.75, 3.05) is 44.4 Å². The number of piperazine rings is 1. The van der Waals surface area contributed by atoms with Crippen molar-refractivity contribution in [2.24, 2.45) is 5.73 Å². The van der Waals surface area contributed by atoms with Crippen molar-refractivity contribution in [3.8, 4) is 5.75 Å². The van der Waals surface area contributed by atoms with Crippen LogP contribution >= 0.6 is 0 Å². The maximum Gasteiger partial charge on any atom is 0.418 e. The van der Waals surface area contributed by atoms with E-state index >= 15 is 0 Å². The van der Waals surface area contributed by atoms with Crippen molar-refractivity contribution < 1.29 is 27.4 Å². The highest BCUT2D eigenvalue weighted by atomic mass is 19.4. The maximum absolute atomic E-state index is 12.9. The standard InChI is InChI=1S/C18H25F3N4O3/c1-12(22)11-27-6-3-16(26)24-4-5-25-14(10-24)2-7-28-15-8-13(18(19,20)21)9-23-17(15)25/h8-9,12,14H,2-7,10-11,22H2,1H3/t12-,14?/m1/s1. The zero-order valence-corrected chi connectivity index (χ0v) is 15.7. The number of amides is 1. The van der Waals surface area contributed by atoms with Gasteiger partial charge in [0.2, 0.25) is 5.91 Å². The number of alkyl halides is 3. The molecule has 2 aliphatic heterocycles. The lowest BCUT2D eigenvalue weighted by Gasteiger charge is -2.41. The Morgan fingerprint density at radius 1 is 1.46 bits per heavy atom. The van der Waals surface area contributed by atoms with E-state index in [1.165, 1.54) is 0 Å². The van der Waals surface area contributed by atoms with Crippen LogP contribution in [0, 0.1) is 0 Å². The lowest BCUT2D eigenvalue weighted by Crippen LogP contribution is -2.55. The van der Waals surface area contributed by atoms with E-state index < -0.39 is 11.7 Å². The van der Waals surface area contributed by atoms with Crippen LogP contribution in [-0.2, 0) is 15.7 Å². The zero-order chi connectivity index (χ0) is 20.3. The molecule has 1 aromatic heterocycles. The van der Waals surface area contributed by atoms with E-state index in [2.05, 4.69) is 4.98 Å². The van der Waals surface area contributed by atoms with Gasteiger partial charge in [-0.1, -0.05) is 0 Å². The number of rotatable bonds is 5. The molecular weight excluding hydrogens is 377 g/mol. The molecule has 0 aromatic carbocycles. The second-order valence-electron chi connectivity index (χ2n) is 7.17. The molecule has 1 saturated heterocycles. The normalized spacial score (nSPS) is 20.7. The van der Waals surface area contributed by atoms with Gasteiger partial charge in [0.05, 0.1) is 37.8 Å². The number of aromatic nitrogens is 1. The number of fused-ring (bicyclic) bond motifs is 3. The van der Waals surface area contributed by atoms with Crippen molar-refractivity contribution in [1.82, 2.24) is 9.88 Å². The summed E-state index contributed by atoms with van der Waals surface area (Å²) in [7, 11) is 0. The van der Waals surface area contributed by atoms with Crippen LogP contribution in [0.3, 0.4) is 0 Å². The molecule has 3 heterocycles. The van der Waals surface area contributed by atoms with Gasteiger partial charge >= 0.3 is 6.18 Å². The topological polar surface area (TPSA) is 80.9 Å². The summed E-state index contributed by atoms with van der Waals surface area (Å²) < 4.78 is 49.7. The van der Waals surface area contributed by atoms with Crippen LogP contribution in [-0.4, -0.2) is 67.3 Å². The number of halogens is 3. The molecule has 2 N–H and O–H groups in total. The summed E-state index contributed by atoms with van der Waals surface area (Å²) in [5.41, 5.74) is 4.78. The number of nitrogens with two attached hydrogens (primary N) is 1. The van der Waals surface area contributed by atoms with Crippen LogP contribution in [0.4, 0.5) is 19.0 Å². The van der Waals surface area contributed by atoms with Crippen LogP contribution in [0.15, 0.2) is 12.3 Å². The summed E-state index contributed by atoms with van der Waals surface area (Å²) in [5.74, 6) is 0.541.